The van der Waals surface area contributed by atoms with E-state index in [1.54, 1.807) is 24.4 Å². The van der Waals surface area contributed by atoms with Crippen LogP contribution in [0.2, 0.25) is 0 Å². The van der Waals surface area contributed by atoms with Gasteiger partial charge in [0.15, 0.2) is 9.84 Å². The van der Waals surface area contributed by atoms with Crippen LogP contribution < -0.4 is 11.1 Å². The Morgan fingerprint density at radius 1 is 1.30 bits per heavy atom. The van der Waals surface area contributed by atoms with E-state index < -0.39 is 15.9 Å². The number of nitrogens with one attached hydrogen (secondary N) is 1. The van der Waals surface area contributed by atoms with Crippen LogP contribution in [0.25, 0.3) is 5.69 Å². The predicted octanol–water partition coefficient (Wildman–Crippen LogP) is 1.20. The maximum absolute atomic E-state index is 12.0. The molecule has 3 N–H and O–H groups in total. The number of nitrogens with zero attached hydrogens (tertiary/aromatic N) is 2. The molecule has 0 saturated carbocycles. The summed E-state index contributed by atoms with van der Waals surface area (Å²) in [5.74, 6) is -0.299. The number of rotatable bonds is 5. The van der Waals surface area contributed by atoms with E-state index >= 15 is 0 Å². The highest BCUT2D eigenvalue weighted by Gasteiger charge is 2.19. The molecule has 7 nitrogen and oxygen atoms in total. The minimum absolute atomic E-state index is 0.0102. The number of nitrogens with two attached hydrogens (primary N) is 1. The standard InChI is InChI=1S/C15H20N4O3S/c1-10(2)14(16)15(20)18-11-8-17-19(9-11)12-6-4-5-7-13(12)23(3,21)22/h4-10,14H,16H2,1-3H3,(H,18,20)/t14-/m0/s1. The fourth-order valence-electron chi connectivity index (χ4n) is 2.01. The molecule has 1 heterocycles. The van der Waals surface area contributed by atoms with Crippen LogP contribution in [0.5, 0.6) is 0 Å². The summed E-state index contributed by atoms with van der Waals surface area (Å²) >= 11 is 0. The third-order valence-corrected chi connectivity index (χ3v) is 4.53. The molecule has 0 aliphatic carbocycles. The van der Waals surface area contributed by atoms with Crippen molar-refractivity contribution in [1.29, 1.82) is 0 Å². The van der Waals surface area contributed by atoms with Crippen molar-refractivity contribution >= 4 is 21.4 Å². The molecule has 0 spiro atoms. The number of sulfone groups is 1. The fourth-order valence-corrected chi connectivity index (χ4v) is 2.87. The summed E-state index contributed by atoms with van der Waals surface area (Å²) in [7, 11) is -3.39. The molecule has 0 saturated heterocycles. The van der Waals surface area contributed by atoms with Crippen molar-refractivity contribution in [1.82, 2.24) is 9.78 Å². The Labute approximate surface area is 135 Å². The highest BCUT2D eigenvalue weighted by Crippen LogP contribution is 2.20. The largest absolute Gasteiger partial charge is 0.322 e. The minimum atomic E-state index is -3.39. The van der Waals surface area contributed by atoms with Gasteiger partial charge in [0.25, 0.3) is 0 Å². The average molecular weight is 336 g/mol. The monoisotopic (exact) mass is 336 g/mol. The molecule has 2 aromatic rings. The van der Waals surface area contributed by atoms with Crippen molar-refractivity contribution in [3.63, 3.8) is 0 Å². The van der Waals surface area contributed by atoms with E-state index in [0.29, 0.717) is 11.4 Å². The molecular formula is C15H20N4O3S. The first kappa shape index (κ1) is 17.2. The SMILES string of the molecule is CC(C)[C@H](N)C(=O)Nc1cnn(-c2ccccc2S(C)(=O)=O)c1. The molecule has 1 aromatic heterocycles. The second kappa shape index (κ2) is 6.51. The summed E-state index contributed by atoms with van der Waals surface area (Å²) in [5.41, 5.74) is 6.66. The van der Waals surface area contributed by atoms with E-state index in [2.05, 4.69) is 10.4 Å². The summed E-state index contributed by atoms with van der Waals surface area (Å²) < 4.78 is 25.1. The Kier molecular flexibility index (Phi) is 4.86. The Morgan fingerprint density at radius 3 is 2.57 bits per heavy atom. The summed E-state index contributed by atoms with van der Waals surface area (Å²) in [4.78, 5) is 12.1. The zero-order valence-corrected chi connectivity index (χ0v) is 14.0. The lowest BCUT2D eigenvalue weighted by Crippen LogP contribution is -2.39. The summed E-state index contributed by atoms with van der Waals surface area (Å²) in [6.07, 6.45) is 4.14. The third-order valence-electron chi connectivity index (χ3n) is 3.38. The minimum Gasteiger partial charge on any atom is -0.322 e. The normalized spacial score (nSPS) is 13.1. The lowest BCUT2D eigenvalue weighted by atomic mass is 10.1. The number of amides is 1. The topological polar surface area (TPSA) is 107 Å². The molecule has 23 heavy (non-hydrogen) atoms. The van der Waals surface area contributed by atoms with Crippen LogP contribution in [0.3, 0.4) is 0 Å². The zero-order valence-electron chi connectivity index (χ0n) is 13.2. The number of para-hydroxylation sites is 1. The molecule has 8 heteroatoms. The summed E-state index contributed by atoms with van der Waals surface area (Å²) in [6, 6.07) is 5.90. The Hall–Kier alpha value is -2.19. The smallest absolute Gasteiger partial charge is 0.241 e. The predicted molar refractivity (Wildman–Crippen MR) is 88.1 cm³/mol. The number of carbonyl (C=O) groups excluding carboxylic acids is 1. The Morgan fingerprint density at radius 2 is 1.96 bits per heavy atom. The van der Waals surface area contributed by atoms with Crippen LogP contribution in [0, 0.1) is 5.92 Å². The van der Waals surface area contributed by atoms with Gasteiger partial charge in [-0.25, -0.2) is 13.1 Å². The molecule has 0 unspecified atom stereocenters. The molecule has 1 atom stereocenters. The molecule has 2 rings (SSSR count). The van der Waals surface area contributed by atoms with Crippen LogP contribution in [-0.4, -0.2) is 36.4 Å². The number of carbonyl (C=O) groups is 1. The van der Waals surface area contributed by atoms with Crippen LogP contribution in [-0.2, 0) is 14.6 Å². The molecule has 0 aliphatic heterocycles. The highest BCUT2D eigenvalue weighted by molar-refractivity contribution is 7.90. The maximum Gasteiger partial charge on any atom is 0.241 e. The van der Waals surface area contributed by atoms with Gasteiger partial charge < -0.3 is 11.1 Å². The van der Waals surface area contributed by atoms with Crippen molar-refractivity contribution in [3.05, 3.63) is 36.7 Å². The zero-order chi connectivity index (χ0) is 17.2. The number of hydrogen-bond acceptors (Lipinski definition) is 5. The Bertz CT molecular complexity index is 812. The van der Waals surface area contributed by atoms with Gasteiger partial charge in [0, 0.05) is 6.26 Å². The quantitative estimate of drug-likeness (QED) is 0.853. The van der Waals surface area contributed by atoms with Gasteiger partial charge in [-0.15, -0.1) is 0 Å². The van der Waals surface area contributed by atoms with Gasteiger partial charge in [-0.3, -0.25) is 4.79 Å². The van der Waals surface area contributed by atoms with E-state index in [4.69, 9.17) is 5.73 Å². The van der Waals surface area contributed by atoms with E-state index in [1.165, 1.54) is 16.9 Å². The van der Waals surface area contributed by atoms with Crippen LogP contribution in [0.1, 0.15) is 13.8 Å². The van der Waals surface area contributed by atoms with Crippen LogP contribution in [0.15, 0.2) is 41.6 Å². The molecule has 0 aliphatic rings. The van der Waals surface area contributed by atoms with Crippen LogP contribution in [0.4, 0.5) is 5.69 Å². The fraction of sp³-hybridized carbons (Fsp3) is 0.333. The van der Waals surface area contributed by atoms with E-state index in [-0.39, 0.29) is 16.7 Å². The van der Waals surface area contributed by atoms with Gasteiger partial charge in [0.1, 0.15) is 0 Å². The van der Waals surface area contributed by atoms with Gasteiger partial charge in [0.05, 0.1) is 34.7 Å². The van der Waals surface area contributed by atoms with Crippen molar-refractivity contribution in [3.8, 4) is 5.69 Å². The average Bonchev–Trinajstić information content (AvgIpc) is 2.93. The summed E-state index contributed by atoms with van der Waals surface area (Å²) in [5, 5.41) is 6.79. The van der Waals surface area contributed by atoms with E-state index in [1.807, 2.05) is 13.8 Å². The van der Waals surface area contributed by atoms with Crippen molar-refractivity contribution in [2.75, 3.05) is 11.6 Å². The first-order chi connectivity index (χ1) is 10.7. The number of anilines is 1. The second-order valence-electron chi connectivity index (χ2n) is 5.67. The van der Waals surface area contributed by atoms with Gasteiger partial charge in [-0.2, -0.15) is 5.10 Å². The van der Waals surface area contributed by atoms with E-state index in [0.717, 1.165) is 6.26 Å². The number of benzene rings is 1. The van der Waals surface area contributed by atoms with Gasteiger partial charge in [-0.1, -0.05) is 26.0 Å². The maximum atomic E-state index is 12.0. The molecular weight excluding hydrogens is 316 g/mol. The van der Waals surface area contributed by atoms with Gasteiger partial charge in [-0.05, 0) is 18.1 Å². The third kappa shape index (κ3) is 3.96. The first-order valence-electron chi connectivity index (χ1n) is 7.10. The van der Waals surface area contributed by atoms with Crippen molar-refractivity contribution in [2.24, 2.45) is 11.7 Å². The number of hydrogen-bond donors (Lipinski definition) is 2. The lowest BCUT2D eigenvalue weighted by Gasteiger charge is -2.14. The van der Waals surface area contributed by atoms with Crippen LogP contribution >= 0.6 is 0 Å². The number of aromatic nitrogens is 2. The van der Waals surface area contributed by atoms with Crippen molar-refractivity contribution in [2.45, 2.75) is 24.8 Å². The lowest BCUT2D eigenvalue weighted by molar-refractivity contribution is -0.118. The molecule has 1 amide bonds. The molecule has 0 radical (unpaired) electrons. The van der Waals surface area contributed by atoms with Crippen molar-refractivity contribution < 1.29 is 13.2 Å². The first-order valence-corrected chi connectivity index (χ1v) is 9.00. The Balaban J connectivity index is 2.29. The second-order valence-corrected chi connectivity index (χ2v) is 7.66. The molecule has 0 bridgehead atoms. The molecule has 124 valence electrons. The van der Waals surface area contributed by atoms with E-state index in [9.17, 15) is 13.2 Å². The molecule has 1 aromatic carbocycles. The molecule has 0 fully saturated rings. The van der Waals surface area contributed by atoms with Gasteiger partial charge in [0.2, 0.25) is 5.91 Å². The highest BCUT2D eigenvalue weighted by atomic mass is 32.2. The van der Waals surface area contributed by atoms with Gasteiger partial charge >= 0.3 is 0 Å². The summed E-state index contributed by atoms with van der Waals surface area (Å²) in [6.45, 7) is 3.71.